The highest BCUT2D eigenvalue weighted by Gasteiger charge is 1.97. The summed E-state index contributed by atoms with van der Waals surface area (Å²) in [6, 6.07) is 15.5. The van der Waals surface area contributed by atoms with E-state index in [0.29, 0.717) is 5.75 Å². The van der Waals surface area contributed by atoms with Crippen molar-refractivity contribution in [1.29, 1.82) is 0 Å². The maximum absolute atomic E-state index is 9.21. The molecule has 3 rings (SSSR count). The van der Waals surface area contributed by atoms with Crippen LogP contribution in [0.25, 0.3) is 10.9 Å². The number of hydrogen-bond acceptors (Lipinski definition) is 2. The van der Waals surface area contributed by atoms with Crippen LogP contribution in [0, 0.1) is 0 Å². The number of anilines is 1. The lowest BCUT2D eigenvalue weighted by molar-refractivity contribution is 0.475. The topological polar surface area (TPSA) is 48.0 Å². The van der Waals surface area contributed by atoms with E-state index in [1.54, 1.807) is 12.1 Å². The Bertz CT molecular complexity index is 656. The second-order valence-corrected chi connectivity index (χ2v) is 4.30. The number of aromatic nitrogens is 1. The summed E-state index contributed by atoms with van der Waals surface area (Å²) in [4.78, 5) is 3.17. The Morgan fingerprint density at radius 1 is 1.00 bits per heavy atom. The Morgan fingerprint density at radius 3 is 2.67 bits per heavy atom. The van der Waals surface area contributed by atoms with Crippen molar-refractivity contribution in [3.05, 3.63) is 60.3 Å². The number of nitrogens with one attached hydrogen (secondary N) is 2. The van der Waals surface area contributed by atoms with Gasteiger partial charge < -0.3 is 15.4 Å². The Hall–Kier alpha value is -2.42. The van der Waals surface area contributed by atoms with E-state index in [9.17, 15) is 5.11 Å². The van der Waals surface area contributed by atoms with Crippen molar-refractivity contribution in [3.63, 3.8) is 0 Å². The van der Waals surface area contributed by atoms with Crippen LogP contribution < -0.4 is 5.32 Å². The second-order valence-electron chi connectivity index (χ2n) is 4.30. The summed E-state index contributed by atoms with van der Waals surface area (Å²) < 4.78 is 0. The molecule has 0 aliphatic rings. The maximum Gasteiger partial charge on any atom is 0.115 e. The standard InChI is InChI=1S/C15H14N2O/c18-14-4-1-11(2-5-14)10-17-13-3-6-15-12(9-13)7-8-16-15/h1-9,16-18H,10H2. The quantitative estimate of drug-likeness (QED) is 0.654. The van der Waals surface area contributed by atoms with Gasteiger partial charge in [0.1, 0.15) is 5.75 Å². The average molecular weight is 238 g/mol. The van der Waals surface area contributed by atoms with Gasteiger partial charge in [0.05, 0.1) is 0 Å². The molecule has 2 aromatic carbocycles. The number of aromatic amines is 1. The molecule has 0 aliphatic carbocycles. The molecule has 0 saturated heterocycles. The third kappa shape index (κ3) is 2.15. The smallest absolute Gasteiger partial charge is 0.115 e. The highest BCUT2D eigenvalue weighted by Crippen LogP contribution is 2.18. The van der Waals surface area contributed by atoms with Gasteiger partial charge in [0, 0.05) is 29.3 Å². The SMILES string of the molecule is Oc1ccc(CNc2ccc3[nH]ccc3c2)cc1. The summed E-state index contributed by atoms with van der Waals surface area (Å²) in [6.07, 6.45) is 1.94. The second kappa shape index (κ2) is 4.45. The van der Waals surface area contributed by atoms with Crippen LogP contribution in [0.5, 0.6) is 5.75 Å². The van der Waals surface area contributed by atoms with Crippen LogP contribution in [-0.2, 0) is 6.54 Å². The van der Waals surface area contributed by atoms with E-state index in [-0.39, 0.29) is 0 Å². The maximum atomic E-state index is 9.21. The van der Waals surface area contributed by atoms with Gasteiger partial charge in [-0.1, -0.05) is 12.1 Å². The normalized spacial score (nSPS) is 10.7. The van der Waals surface area contributed by atoms with E-state index in [1.807, 2.05) is 18.3 Å². The van der Waals surface area contributed by atoms with Gasteiger partial charge in [0.25, 0.3) is 0 Å². The zero-order valence-corrected chi connectivity index (χ0v) is 9.85. The molecule has 0 spiro atoms. The molecule has 3 heteroatoms. The summed E-state index contributed by atoms with van der Waals surface area (Å²) >= 11 is 0. The number of benzene rings is 2. The molecule has 3 nitrogen and oxygen atoms in total. The van der Waals surface area contributed by atoms with E-state index >= 15 is 0 Å². The zero-order valence-electron chi connectivity index (χ0n) is 9.85. The molecular formula is C15H14N2O. The molecule has 0 fully saturated rings. The van der Waals surface area contributed by atoms with Gasteiger partial charge in [-0.25, -0.2) is 0 Å². The van der Waals surface area contributed by atoms with E-state index in [1.165, 1.54) is 5.39 Å². The molecule has 0 bridgehead atoms. The zero-order chi connectivity index (χ0) is 12.4. The van der Waals surface area contributed by atoms with Gasteiger partial charge in [-0.3, -0.25) is 0 Å². The number of phenols is 1. The van der Waals surface area contributed by atoms with Gasteiger partial charge in [-0.05, 0) is 42.0 Å². The monoisotopic (exact) mass is 238 g/mol. The Morgan fingerprint density at radius 2 is 1.83 bits per heavy atom. The first-order chi connectivity index (χ1) is 8.81. The van der Waals surface area contributed by atoms with Crippen molar-refractivity contribution >= 4 is 16.6 Å². The van der Waals surface area contributed by atoms with Gasteiger partial charge in [0.15, 0.2) is 0 Å². The van der Waals surface area contributed by atoms with E-state index in [0.717, 1.165) is 23.3 Å². The first kappa shape index (κ1) is 10.7. The average Bonchev–Trinajstić information content (AvgIpc) is 2.85. The van der Waals surface area contributed by atoms with Crippen molar-refractivity contribution in [1.82, 2.24) is 4.98 Å². The summed E-state index contributed by atoms with van der Waals surface area (Å²) in [5.41, 5.74) is 3.38. The first-order valence-electron chi connectivity index (χ1n) is 5.90. The summed E-state index contributed by atoms with van der Waals surface area (Å²) in [5, 5.41) is 13.8. The highest BCUT2D eigenvalue weighted by molar-refractivity contribution is 5.82. The number of hydrogen-bond donors (Lipinski definition) is 3. The van der Waals surface area contributed by atoms with Gasteiger partial charge in [0.2, 0.25) is 0 Å². The molecule has 0 amide bonds. The lowest BCUT2D eigenvalue weighted by Gasteiger charge is -2.06. The molecule has 0 unspecified atom stereocenters. The number of phenolic OH excluding ortho intramolecular Hbond substituents is 1. The van der Waals surface area contributed by atoms with Crippen molar-refractivity contribution in [2.75, 3.05) is 5.32 Å². The van der Waals surface area contributed by atoms with Gasteiger partial charge in [-0.2, -0.15) is 0 Å². The Balaban J connectivity index is 1.74. The molecule has 1 heterocycles. The number of fused-ring (bicyclic) bond motifs is 1. The molecule has 0 atom stereocenters. The van der Waals surface area contributed by atoms with E-state index in [4.69, 9.17) is 0 Å². The Labute approximate surface area is 105 Å². The minimum atomic E-state index is 0.299. The van der Waals surface area contributed by atoms with Crippen LogP contribution in [0.3, 0.4) is 0 Å². The predicted molar refractivity (Wildman–Crippen MR) is 73.7 cm³/mol. The van der Waals surface area contributed by atoms with Gasteiger partial charge >= 0.3 is 0 Å². The van der Waals surface area contributed by atoms with Crippen LogP contribution >= 0.6 is 0 Å². The Kier molecular flexibility index (Phi) is 2.65. The molecule has 3 aromatic rings. The van der Waals surface area contributed by atoms with Crippen molar-refractivity contribution in [2.45, 2.75) is 6.54 Å². The summed E-state index contributed by atoms with van der Waals surface area (Å²) in [7, 11) is 0. The lowest BCUT2D eigenvalue weighted by Crippen LogP contribution is -1.98. The molecule has 1 aromatic heterocycles. The fraction of sp³-hybridized carbons (Fsp3) is 0.0667. The fourth-order valence-corrected chi connectivity index (χ4v) is 1.98. The fourth-order valence-electron chi connectivity index (χ4n) is 1.98. The lowest BCUT2D eigenvalue weighted by atomic mass is 10.2. The highest BCUT2D eigenvalue weighted by atomic mass is 16.3. The van der Waals surface area contributed by atoms with Crippen LogP contribution in [0.1, 0.15) is 5.56 Å². The van der Waals surface area contributed by atoms with E-state index < -0.39 is 0 Å². The van der Waals surface area contributed by atoms with Crippen LogP contribution in [0.2, 0.25) is 0 Å². The largest absolute Gasteiger partial charge is 0.508 e. The van der Waals surface area contributed by atoms with Crippen molar-refractivity contribution < 1.29 is 5.11 Å². The molecule has 0 saturated carbocycles. The predicted octanol–water partition coefficient (Wildman–Crippen LogP) is 3.49. The van der Waals surface area contributed by atoms with Crippen LogP contribution in [-0.4, -0.2) is 10.1 Å². The third-order valence-electron chi connectivity index (χ3n) is 2.99. The van der Waals surface area contributed by atoms with Crippen molar-refractivity contribution in [2.24, 2.45) is 0 Å². The minimum Gasteiger partial charge on any atom is -0.508 e. The minimum absolute atomic E-state index is 0.299. The molecule has 90 valence electrons. The molecule has 0 radical (unpaired) electrons. The first-order valence-corrected chi connectivity index (χ1v) is 5.90. The van der Waals surface area contributed by atoms with E-state index in [2.05, 4.69) is 34.6 Å². The third-order valence-corrected chi connectivity index (χ3v) is 2.99. The molecule has 0 aliphatic heterocycles. The molecular weight excluding hydrogens is 224 g/mol. The van der Waals surface area contributed by atoms with Crippen LogP contribution in [0.4, 0.5) is 5.69 Å². The van der Waals surface area contributed by atoms with Gasteiger partial charge in [-0.15, -0.1) is 0 Å². The number of aromatic hydroxyl groups is 1. The number of H-pyrrole nitrogens is 1. The summed E-state index contributed by atoms with van der Waals surface area (Å²) in [6.45, 7) is 0.746. The summed E-state index contributed by atoms with van der Waals surface area (Å²) in [5.74, 6) is 0.299. The molecule has 3 N–H and O–H groups in total. The number of rotatable bonds is 3. The van der Waals surface area contributed by atoms with Crippen LogP contribution in [0.15, 0.2) is 54.7 Å². The van der Waals surface area contributed by atoms with Crippen molar-refractivity contribution in [3.8, 4) is 5.75 Å². The molecule has 18 heavy (non-hydrogen) atoms.